The van der Waals surface area contributed by atoms with Gasteiger partial charge in [0, 0.05) is 19.2 Å². The van der Waals surface area contributed by atoms with E-state index in [-0.39, 0.29) is 11.6 Å². The zero-order valence-corrected chi connectivity index (χ0v) is 14.6. The SMILES string of the molecule is Cc1nn(C)cc1NC(=O)[C@H](C)n1nc(C(F)(F)F)c(Cl)c1C1CC1. The highest BCUT2D eigenvalue weighted by Crippen LogP contribution is 2.47. The van der Waals surface area contributed by atoms with Crippen LogP contribution in [0.1, 0.15) is 48.8 Å². The summed E-state index contributed by atoms with van der Waals surface area (Å²) in [4.78, 5) is 12.5. The first kappa shape index (κ1) is 17.8. The molecule has 2 aromatic rings. The van der Waals surface area contributed by atoms with Crippen molar-refractivity contribution < 1.29 is 18.0 Å². The maximum Gasteiger partial charge on any atom is 0.436 e. The summed E-state index contributed by atoms with van der Waals surface area (Å²) >= 11 is 5.94. The fourth-order valence-electron chi connectivity index (χ4n) is 2.70. The molecule has 1 atom stereocenters. The van der Waals surface area contributed by atoms with Crippen molar-refractivity contribution in [1.29, 1.82) is 0 Å². The first-order valence-corrected chi connectivity index (χ1v) is 8.13. The molecule has 1 saturated carbocycles. The summed E-state index contributed by atoms with van der Waals surface area (Å²) < 4.78 is 42.0. The molecule has 1 aliphatic rings. The first-order valence-electron chi connectivity index (χ1n) is 7.75. The minimum absolute atomic E-state index is 0.0912. The van der Waals surface area contributed by atoms with Crippen LogP contribution in [0.4, 0.5) is 18.9 Å². The number of carbonyl (C=O) groups is 1. The monoisotopic (exact) mass is 375 g/mol. The molecule has 2 heterocycles. The Kier molecular flexibility index (Phi) is 4.30. The van der Waals surface area contributed by atoms with Gasteiger partial charge in [0.1, 0.15) is 6.04 Å². The average Bonchev–Trinajstić information content (AvgIpc) is 3.19. The summed E-state index contributed by atoms with van der Waals surface area (Å²) in [7, 11) is 1.71. The van der Waals surface area contributed by atoms with Gasteiger partial charge in [0.15, 0.2) is 5.69 Å². The van der Waals surface area contributed by atoms with E-state index in [2.05, 4.69) is 15.5 Å². The summed E-state index contributed by atoms with van der Waals surface area (Å²) in [6, 6.07) is -0.941. The van der Waals surface area contributed by atoms with Gasteiger partial charge in [-0.25, -0.2) is 0 Å². The topological polar surface area (TPSA) is 64.7 Å². The van der Waals surface area contributed by atoms with Crippen LogP contribution in [0, 0.1) is 6.92 Å². The standard InChI is InChI=1S/C15H17ClF3N5O/c1-7-10(6-23(3)21-7)20-14(25)8(2)24-12(9-4-5-9)11(16)13(22-24)15(17,18)19/h6,8-9H,4-5H2,1-3H3,(H,20,25)/t8-/m0/s1. The molecular formula is C15H17ClF3N5O. The van der Waals surface area contributed by atoms with Crippen LogP contribution in [-0.4, -0.2) is 25.5 Å². The van der Waals surface area contributed by atoms with Gasteiger partial charge in [0.05, 0.1) is 22.1 Å². The zero-order chi connectivity index (χ0) is 18.5. The Morgan fingerprint density at radius 3 is 2.52 bits per heavy atom. The molecule has 136 valence electrons. The Labute approximate surface area is 146 Å². The molecule has 1 fully saturated rings. The van der Waals surface area contributed by atoms with E-state index in [0.29, 0.717) is 11.4 Å². The fourth-order valence-corrected chi connectivity index (χ4v) is 3.08. The van der Waals surface area contributed by atoms with Gasteiger partial charge in [-0.2, -0.15) is 23.4 Å². The second kappa shape index (κ2) is 6.05. The smallest absolute Gasteiger partial charge is 0.321 e. The van der Waals surface area contributed by atoms with Crippen LogP contribution in [-0.2, 0) is 18.0 Å². The van der Waals surface area contributed by atoms with Gasteiger partial charge in [0.2, 0.25) is 5.91 Å². The molecule has 0 unspecified atom stereocenters. The molecule has 0 spiro atoms. The van der Waals surface area contributed by atoms with E-state index >= 15 is 0 Å². The highest BCUT2D eigenvalue weighted by molar-refractivity contribution is 6.32. The van der Waals surface area contributed by atoms with E-state index in [4.69, 9.17) is 11.6 Å². The molecule has 1 amide bonds. The van der Waals surface area contributed by atoms with E-state index in [1.165, 1.54) is 11.6 Å². The number of alkyl halides is 3. The lowest BCUT2D eigenvalue weighted by molar-refractivity contribution is -0.141. The lowest BCUT2D eigenvalue weighted by atomic mass is 10.2. The normalized spacial score (nSPS) is 16.1. The number of carbonyl (C=O) groups excluding carboxylic acids is 1. The van der Waals surface area contributed by atoms with Crippen molar-refractivity contribution in [3.63, 3.8) is 0 Å². The van der Waals surface area contributed by atoms with Crippen LogP contribution in [0.15, 0.2) is 6.20 Å². The Bertz CT molecular complexity index is 822. The molecule has 0 aromatic carbocycles. The van der Waals surface area contributed by atoms with Crippen molar-refractivity contribution in [3.8, 4) is 0 Å². The third-order valence-corrected chi connectivity index (χ3v) is 4.51. The highest BCUT2D eigenvalue weighted by atomic mass is 35.5. The average molecular weight is 376 g/mol. The predicted octanol–water partition coefficient (Wildman–Crippen LogP) is 3.67. The van der Waals surface area contributed by atoms with Crippen molar-refractivity contribution in [2.24, 2.45) is 7.05 Å². The number of aryl methyl sites for hydroxylation is 2. The molecule has 0 aliphatic heterocycles. The second-order valence-electron chi connectivity index (χ2n) is 6.23. The number of anilines is 1. The van der Waals surface area contributed by atoms with E-state index in [9.17, 15) is 18.0 Å². The Morgan fingerprint density at radius 2 is 2.04 bits per heavy atom. The zero-order valence-electron chi connectivity index (χ0n) is 13.9. The van der Waals surface area contributed by atoms with E-state index in [0.717, 1.165) is 17.5 Å². The van der Waals surface area contributed by atoms with Crippen molar-refractivity contribution in [2.45, 2.75) is 44.8 Å². The number of nitrogens with zero attached hydrogens (tertiary/aromatic N) is 4. The van der Waals surface area contributed by atoms with Crippen LogP contribution in [0.2, 0.25) is 5.02 Å². The Morgan fingerprint density at radius 1 is 1.40 bits per heavy atom. The lowest BCUT2D eigenvalue weighted by Gasteiger charge is -2.15. The Hall–Kier alpha value is -2.03. The second-order valence-corrected chi connectivity index (χ2v) is 6.61. The number of amides is 1. The van der Waals surface area contributed by atoms with Crippen molar-refractivity contribution in [1.82, 2.24) is 19.6 Å². The van der Waals surface area contributed by atoms with Gasteiger partial charge in [-0.1, -0.05) is 11.6 Å². The third-order valence-electron chi connectivity index (χ3n) is 4.14. The summed E-state index contributed by atoms with van der Waals surface area (Å²) in [5.74, 6) is -0.572. The van der Waals surface area contributed by atoms with Gasteiger partial charge < -0.3 is 5.32 Å². The van der Waals surface area contributed by atoms with E-state index < -0.39 is 28.8 Å². The minimum Gasteiger partial charge on any atom is -0.321 e. The van der Waals surface area contributed by atoms with Crippen LogP contribution in [0.25, 0.3) is 0 Å². The quantitative estimate of drug-likeness (QED) is 0.886. The van der Waals surface area contributed by atoms with Gasteiger partial charge >= 0.3 is 6.18 Å². The molecule has 2 aromatic heterocycles. The molecule has 25 heavy (non-hydrogen) atoms. The maximum absolute atomic E-state index is 13.1. The van der Waals surface area contributed by atoms with Crippen LogP contribution < -0.4 is 5.32 Å². The summed E-state index contributed by atoms with van der Waals surface area (Å²) in [6.45, 7) is 3.22. The molecule has 1 aliphatic carbocycles. The molecule has 10 heteroatoms. The molecule has 1 N–H and O–H groups in total. The van der Waals surface area contributed by atoms with Gasteiger partial charge in [0.25, 0.3) is 0 Å². The van der Waals surface area contributed by atoms with Crippen LogP contribution in [0.3, 0.4) is 0 Å². The summed E-state index contributed by atoms with van der Waals surface area (Å²) in [6.07, 6.45) is -1.57. The van der Waals surface area contributed by atoms with Crippen LogP contribution in [0.5, 0.6) is 0 Å². The number of hydrogen-bond acceptors (Lipinski definition) is 3. The molecule has 0 radical (unpaired) electrons. The lowest BCUT2D eigenvalue weighted by Crippen LogP contribution is -2.26. The van der Waals surface area contributed by atoms with Gasteiger partial charge in [-0.05, 0) is 26.7 Å². The van der Waals surface area contributed by atoms with Crippen molar-refractivity contribution in [2.75, 3.05) is 5.32 Å². The summed E-state index contributed by atoms with van der Waals surface area (Å²) in [5, 5.41) is 9.99. The minimum atomic E-state index is -4.66. The van der Waals surface area contributed by atoms with Crippen molar-refractivity contribution in [3.05, 3.63) is 28.3 Å². The molecule has 0 saturated heterocycles. The number of hydrogen-bond donors (Lipinski definition) is 1. The van der Waals surface area contributed by atoms with E-state index in [1.807, 2.05) is 0 Å². The first-order chi connectivity index (χ1) is 11.6. The fraction of sp³-hybridized carbons (Fsp3) is 0.533. The third kappa shape index (κ3) is 3.37. The molecule has 6 nitrogen and oxygen atoms in total. The van der Waals surface area contributed by atoms with E-state index in [1.54, 1.807) is 20.2 Å². The summed E-state index contributed by atoms with van der Waals surface area (Å²) in [5.41, 5.74) is 0.245. The number of nitrogens with one attached hydrogen (secondary N) is 1. The van der Waals surface area contributed by atoms with Crippen molar-refractivity contribution >= 4 is 23.2 Å². The molecule has 0 bridgehead atoms. The number of rotatable bonds is 4. The van der Waals surface area contributed by atoms with Crippen LogP contribution >= 0.6 is 11.6 Å². The maximum atomic E-state index is 13.1. The largest absolute Gasteiger partial charge is 0.436 e. The predicted molar refractivity (Wildman–Crippen MR) is 85.5 cm³/mol. The highest BCUT2D eigenvalue weighted by Gasteiger charge is 2.43. The Balaban J connectivity index is 1.92. The van der Waals surface area contributed by atoms with Gasteiger partial charge in [-0.15, -0.1) is 0 Å². The number of halogens is 4. The number of aromatic nitrogens is 4. The molecular weight excluding hydrogens is 359 g/mol. The van der Waals surface area contributed by atoms with Gasteiger partial charge in [-0.3, -0.25) is 14.2 Å². The molecule has 3 rings (SSSR count).